The van der Waals surface area contributed by atoms with Crippen LogP contribution in [0.4, 0.5) is 13.2 Å². The van der Waals surface area contributed by atoms with Gasteiger partial charge in [0.1, 0.15) is 17.2 Å². The van der Waals surface area contributed by atoms with E-state index in [9.17, 15) is 18.7 Å². The topological polar surface area (TPSA) is 62.2 Å². The minimum atomic E-state index is -2.45. The number of amides is 1. The van der Waals surface area contributed by atoms with E-state index in [1.807, 2.05) is 0 Å². The second kappa shape index (κ2) is 6.55. The standard InChI is InChI=1S/C18H16ClF3N2O2/c1-17(26)4-5-18(22,12-3-2-6-23-15(12)17)16(25)24-9-11-13(20)7-10(19)8-14(11)21/h2-3,6-8,26H,4-5,9H2,1H3,(H,24,25)/t17-,18-/m0/s1. The Hall–Kier alpha value is -2.12. The van der Waals surface area contributed by atoms with Crippen LogP contribution in [0.3, 0.4) is 0 Å². The molecule has 8 heteroatoms. The van der Waals surface area contributed by atoms with Crippen LogP contribution in [0.5, 0.6) is 0 Å². The van der Waals surface area contributed by atoms with Gasteiger partial charge in [0.15, 0.2) is 0 Å². The normalized spacial score (nSPS) is 24.8. The highest BCUT2D eigenvalue weighted by Gasteiger charge is 2.50. The third-order valence-corrected chi connectivity index (χ3v) is 4.81. The Morgan fingerprint density at radius 2 is 2.00 bits per heavy atom. The molecule has 26 heavy (non-hydrogen) atoms. The Labute approximate surface area is 153 Å². The number of rotatable bonds is 3. The average Bonchev–Trinajstić information content (AvgIpc) is 2.58. The van der Waals surface area contributed by atoms with E-state index >= 15 is 4.39 Å². The van der Waals surface area contributed by atoms with Crippen LogP contribution in [0.2, 0.25) is 5.02 Å². The predicted molar refractivity (Wildman–Crippen MR) is 89.0 cm³/mol. The van der Waals surface area contributed by atoms with Gasteiger partial charge in [0.05, 0.1) is 5.69 Å². The molecule has 0 radical (unpaired) electrons. The van der Waals surface area contributed by atoms with Crippen LogP contribution in [0.25, 0.3) is 0 Å². The van der Waals surface area contributed by atoms with Crippen molar-refractivity contribution in [1.82, 2.24) is 10.3 Å². The number of fused-ring (bicyclic) bond motifs is 1. The van der Waals surface area contributed by atoms with Crippen molar-refractivity contribution >= 4 is 17.5 Å². The van der Waals surface area contributed by atoms with E-state index in [-0.39, 0.29) is 29.1 Å². The molecular weight excluding hydrogens is 369 g/mol. The van der Waals surface area contributed by atoms with Gasteiger partial charge < -0.3 is 10.4 Å². The molecular formula is C18H16ClF3N2O2. The fourth-order valence-electron chi connectivity index (χ4n) is 3.11. The number of nitrogens with one attached hydrogen (secondary N) is 1. The molecule has 2 atom stereocenters. The molecule has 1 aromatic heterocycles. The number of aromatic nitrogens is 1. The van der Waals surface area contributed by atoms with E-state index in [1.165, 1.54) is 25.3 Å². The molecule has 0 unspecified atom stereocenters. The van der Waals surface area contributed by atoms with Gasteiger partial charge in [0, 0.05) is 28.9 Å². The maximum absolute atomic E-state index is 15.5. The summed E-state index contributed by atoms with van der Waals surface area (Å²) in [7, 11) is 0. The summed E-state index contributed by atoms with van der Waals surface area (Å²) >= 11 is 5.55. The van der Waals surface area contributed by atoms with Gasteiger partial charge in [0.2, 0.25) is 5.67 Å². The summed E-state index contributed by atoms with van der Waals surface area (Å²) in [6, 6.07) is 4.65. The summed E-state index contributed by atoms with van der Waals surface area (Å²) in [5.41, 5.74) is -4.20. The van der Waals surface area contributed by atoms with Gasteiger partial charge in [-0.15, -0.1) is 0 Å². The van der Waals surface area contributed by atoms with Crippen molar-refractivity contribution in [1.29, 1.82) is 0 Å². The second-order valence-corrected chi connectivity index (χ2v) is 6.94. The summed E-state index contributed by atoms with van der Waals surface area (Å²) in [6.07, 6.45) is 1.09. The van der Waals surface area contributed by atoms with E-state index in [2.05, 4.69) is 10.3 Å². The van der Waals surface area contributed by atoms with Gasteiger partial charge in [-0.2, -0.15) is 0 Å². The maximum Gasteiger partial charge on any atom is 0.262 e. The zero-order chi connectivity index (χ0) is 19.1. The number of carbonyl (C=O) groups is 1. The molecule has 0 saturated heterocycles. The van der Waals surface area contributed by atoms with E-state index in [0.29, 0.717) is 0 Å². The minimum absolute atomic E-state index is 0.0232. The molecule has 1 aliphatic rings. The maximum atomic E-state index is 15.5. The number of hydrogen-bond acceptors (Lipinski definition) is 3. The number of benzene rings is 1. The third-order valence-electron chi connectivity index (χ3n) is 4.59. The lowest BCUT2D eigenvalue weighted by Gasteiger charge is -2.37. The zero-order valence-electron chi connectivity index (χ0n) is 13.8. The number of halogens is 4. The lowest BCUT2D eigenvalue weighted by Crippen LogP contribution is -2.47. The Morgan fingerprint density at radius 3 is 2.65 bits per heavy atom. The monoisotopic (exact) mass is 384 g/mol. The van der Waals surface area contributed by atoms with E-state index in [1.54, 1.807) is 0 Å². The van der Waals surface area contributed by atoms with Crippen LogP contribution in [0, 0.1) is 11.6 Å². The second-order valence-electron chi connectivity index (χ2n) is 6.51. The van der Waals surface area contributed by atoms with Crippen LogP contribution >= 0.6 is 11.6 Å². The molecule has 0 aliphatic heterocycles. The lowest BCUT2D eigenvalue weighted by atomic mass is 9.75. The molecule has 1 aliphatic carbocycles. The minimum Gasteiger partial charge on any atom is -0.384 e. The molecule has 0 bridgehead atoms. The number of pyridine rings is 1. The molecule has 0 saturated carbocycles. The van der Waals surface area contributed by atoms with Crippen LogP contribution in [0.15, 0.2) is 30.5 Å². The van der Waals surface area contributed by atoms with Crippen LogP contribution in [-0.4, -0.2) is 16.0 Å². The molecule has 4 nitrogen and oxygen atoms in total. The summed E-state index contributed by atoms with van der Waals surface area (Å²) in [4.78, 5) is 16.5. The molecule has 3 rings (SSSR count). The van der Waals surface area contributed by atoms with Gasteiger partial charge in [-0.05, 0) is 38.0 Å². The number of hydrogen-bond donors (Lipinski definition) is 2. The van der Waals surface area contributed by atoms with Crippen LogP contribution in [-0.2, 0) is 22.6 Å². The van der Waals surface area contributed by atoms with Gasteiger partial charge in [-0.25, -0.2) is 13.2 Å². The summed E-state index contributed by atoms with van der Waals surface area (Å²) in [5, 5.41) is 12.5. The fraction of sp³-hybridized carbons (Fsp3) is 0.333. The summed E-state index contributed by atoms with van der Waals surface area (Å²) in [5.74, 6) is -2.91. The van der Waals surface area contributed by atoms with Crippen molar-refractivity contribution in [3.8, 4) is 0 Å². The number of carbonyl (C=O) groups excluding carboxylic acids is 1. The van der Waals surface area contributed by atoms with Gasteiger partial charge >= 0.3 is 0 Å². The Balaban J connectivity index is 1.87. The quantitative estimate of drug-likeness (QED) is 0.851. The van der Waals surface area contributed by atoms with Crippen molar-refractivity contribution in [2.45, 2.75) is 37.6 Å². The number of aliphatic hydroxyl groups is 1. The molecule has 0 spiro atoms. The molecule has 1 heterocycles. The summed E-state index contributed by atoms with van der Waals surface area (Å²) < 4.78 is 43.2. The Kier molecular flexibility index (Phi) is 4.71. The van der Waals surface area contributed by atoms with Crippen molar-refractivity contribution in [3.63, 3.8) is 0 Å². The first-order valence-electron chi connectivity index (χ1n) is 7.94. The first kappa shape index (κ1) is 18.7. The molecule has 2 aromatic rings. The van der Waals surface area contributed by atoms with Crippen LogP contribution < -0.4 is 5.32 Å². The third kappa shape index (κ3) is 3.17. The van der Waals surface area contributed by atoms with Crippen molar-refractivity contribution in [3.05, 3.63) is 63.9 Å². The van der Waals surface area contributed by atoms with E-state index in [4.69, 9.17) is 11.6 Å². The van der Waals surface area contributed by atoms with Crippen molar-refractivity contribution in [2.75, 3.05) is 0 Å². The van der Waals surface area contributed by atoms with Gasteiger partial charge in [0.25, 0.3) is 5.91 Å². The first-order valence-corrected chi connectivity index (χ1v) is 8.32. The molecule has 0 fully saturated rings. The molecule has 2 N–H and O–H groups in total. The highest BCUT2D eigenvalue weighted by atomic mass is 35.5. The largest absolute Gasteiger partial charge is 0.384 e. The molecule has 138 valence electrons. The first-order chi connectivity index (χ1) is 12.1. The van der Waals surface area contributed by atoms with E-state index < -0.39 is 40.9 Å². The fourth-order valence-corrected chi connectivity index (χ4v) is 3.30. The highest BCUT2D eigenvalue weighted by molar-refractivity contribution is 6.30. The summed E-state index contributed by atoms with van der Waals surface area (Å²) in [6.45, 7) is 0.958. The van der Waals surface area contributed by atoms with Gasteiger partial charge in [-0.1, -0.05) is 17.7 Å². The SMILES string of the molecule is C[C@]1(O)CC[C@@](F)(C(=O)NCc2c(F)cc(Cl)cc2F)c2cccnc21. The predicted octanol–water partition coefficient (Wildman–Crippen LogP) is 3.50. The van der Waals surface area contributed by atoms with E-state index in [0.717, 1.165) is 12.1 Å². The molecule has 1 aromatic carbocycles. The molecule has 1 amide bonds. The van der Waals surface area contributed by atoms with Crippen molar-refractivity contribution in [2.24, 2.45) is 0 Å². The van der Waals surface area contributed by atoms with Gasteiger partial charge in [-0.3, -0.25) is 9.78 Å². The lowest BCUT2D eigenvalue weighted by molar-refractivity contribution is -0.136. The van der Waals surface area contributed by atoms with Crippen LogP contribution in [0.1, 0.15) is 36.6 Å². The highest BCUT2D eigenvalue weighted by Crippen LogP contribution is 2.45. The number of alkyl halides is 1. The number of nitrogens with zero attached hydrogens (tertiary/aromatic N) is 1. The average molecular weight is 385 g/mol. The smallest absolute Gasteiger partial charge is 0.262 e. The van der Waals surface area contributed by atoms with Crippen molar-refractivity contribution < 1.29 is 23.1 Å². The zero-order valence-corrected chi connectivity index (χ0v) is 14.6. The Morgan fingerprint density at radius 1 is 1.35 bits per heavy atom. The Bertz CT molecular complexity index is 852.